The smallest absolute Gasteiger partial charge is 0.408 e. The summed E-state index contributed by atoms with van der Waals surface area (Å²) in [7, 11) is -1.35. The van der Waals surface area contributed by atoms with Crippen molar-refractivity contribution in [3.05, 3.63) is 35.9 Å². The molecule has 2 unspecified atom stereocenters. The van der Waals surface area contributed by atoms with E-state index in [1.807, 2.05) is 51.1 Å². The van der Waals surface area contributed by atoms with E-state index in [0.717, 1.165) is 5.56 Å². The summed E-state index contributed by atoms with van der Waals surface area (Å²) >= 11 is 0. The van der Waals surface area contributed by atoms with Crippen molar-refractivity contribution in [1.29, 1.82) is 0 Å². The maximum Gasteiger partial charge on any atom is 0.408 e. The number of nitrogens with one attached hydrogen (secondary N) is 3. The van der Waals surface area contributed by atoms with Crippen molar-refractivity contribution in [1.82, 2.24) is 16.0 Å². The number of hydrogen-bond donors (Lipinski definition) is 3. The molecule has 1 aliphatic rings. The first-order valence-corrected chi connectivity index (χ1v) is 11.1. The van der Waals surface area contributed by atoms with Crippen LogP contribution in [0.1, 0.15) is 38.8 Å². The number of ether oxygens (including phenoxy) is 1. The van der Waals surface area contributed by atoms with Gasteiger partial charge in [0.05, 0.1) is 17.5 Å². The molecular formula is C19H30N4O4S. The number of alkyl carbamates (subject to hydrolysis) is 1. The van der Waals surface area contributed by atoms with Gasteiger partial charge in [-0.2, -0.15) is 0 Å². The number of carbonyl (C=O) groups excluding carboxylic acids is 1. The minimum absolute atomic E-state index is 0.103. The highest BCUT2D eigenvalue weighted by atomic mass is 32.2. The van der Waals surface area contributed by atoms with Gasteiger partial charge in [0.1, 0.15) is 5.60 Å². The number of rotatable bonds is 5. The fourth-order valence-electron chi connectivity index (χ4n) is 2.88. The molecule has 2 rings (SSSR count). The molecule has 0 saturated carbocycles. The molecule has 1 heterocycles. The summed E-state index contributed by atoms with van der Waals surface area (Å²) in [5, 5.41) is 9.17. The van der Waals surface area contributed by atoms with Gasteiger partial charge in [-0.1, -0.05) is 30.3 Å². The fraction of sp³-hybridized carbons (Fsp3) is 0.579. The van der Waals surface area contributed by atoms with Crippen LogP contribution in [0.15, 0.2) is 35.3 Å². The van der Waals surface area contributed by atoms with E-state index in [-0.39, 0.29) is 23.6 Å². The van der Waals surface area contributed by atoms with Crippen LogP contribution in [0.5, 0.6) is 0 Å². The van der Waals surface area contributed by atoms with Crippen LogP contribution in [0, 0.1) is 0 Å². The van der Waals surface area contributed by atoms with Gasteiger partial charge in [-0.15, -0.1) is 0 Å². The van der Waals surface area contributed by atoms with Crippen molar-refractivity contribution >= 4 is 21.9 Å². The van der Waals surface area contributed by atoms with Gasteiger partial charge in [-0.3, -0.25) is 4.99 Å². The van der Waals surface area contributed by atoms with E-state index >= 15 is 0 Å². The van der Waals surface area contributed by atoms with Crippen molar-refractivity contribution in [2.45, 2.75) is 44.9 Å². The van der Waals surface area contributed by atoms with Crippen molar-refractivity contribution < 1.29 is 17.9 Å². The lowest BCUT2D eigenvalue weighted by Gasteiger charge is -2.25. The Morgan fingerprint density at radius 3 is 2.50 bits per heavy atom. The van der Waals surface area contributed by atoms with E-state index in [2.05, 4.69) is 20.9 Å². The van der Waals surface area contributed by atoms with Gasteiger partial charge in [0, 0.05) is 19.6 Å². The van der Waals surface area contributed by atoms with Crippen molar-refractivity contribution in [2.24, 2.45) is 4.99 Å². The average Bonchev–Trinajstić information content (AvgIpc) is 2.95. The van der Waals surface area contributed by atoms with Crippen LogP contribution in [0.25, 0.3) is 0 Å². The molecule has 8 nitrogen and oxygen atoms in total. The highest BCUT2D eigenvalue weighted by Gasteiger charge is 2.28. The molecule has 0 aliphatic carbocycles. The quantitative estimate of drug-likeness (QED) is 0.503. The molecule has 0 aromatic heterocycles. The monoisotopic (exact) mass is 410 g/mol. The summed E-state index contributed by atoms with van der Waals surface area (Å²) in [4.78, 5) is 16.4. The van der Waals surface area contributed by atoms with Gasteiger partial charge in [0.25, 0.3) is 0 Å². The normalized spacial score (nSPS) is 20.3. The third kappa shape index (κ3) is 7.38. The van der Waals surface area contributed by atoms with Gasteiger partial charge in [-0.05, 0) is 32.8 Å². The predicted octanol–water partition coefficient (Wildman–Crippen LogP) is 1.60. The third-order valence-corrected chi connectivity index (χ3v) is 5.93. The molecule has 156 valence electrons. The Bertz CT molecular complexity index is 788. The van der Waals surface area contributed by atoms with E-state index in [4.69, 9.17) is 4.74 Å². The molecule has 1 aromatic carbocycles. The van der Waals surface area contributed by atoms with Gasteiger partial charge in [-0.25, -0.2) is 13.2 Å². The summed E-state index contributed by atoms with van der Waals surface area (Å²) in [5.74, 6) is 0.787. The second kappa shape index (κ2) is 9.27. The predicted molar refractivity (Wildman–Crippen MR) is 110 cm³/mol. The zero-order valence-corrected chi connectivity index (χ0v) is 17.7. The summed E-state index contributed by atoms with van der Waals surface area (Å²) in [6.45, 7) is 5.79. The lowest BCUT2D eigenvalue weighted by molar-refractivity contribution is 0.0504. The second-order valence-corrected chi connectivity index (χ2v) is 10.0. The van der Waals surface area contributed by atoms with E-state index in [1.54, 1.807) is 7.05 Å². The molecule has 1 amide bonds. The Morgan fingerprint density at radius 1 is 1.29 bits per heavy atom. The number of hydrogen-bond acceptors (Lipinski definition) is 5. The van der Waals surface area contributed by atoms with Crippen LogP contribution in [-0.4, -0.2) is 57.2 Å². The number of aliphatic imine (C=N–C) groups is 1. The van der Waals surface area contributed by atoms with E-state index < -0.39 is 21.5 Å². The molecule has 0 bridgehead atoms. The lowest BCUT2D eigenvalue weighted by atomic mass is 10.1. The molecule has 9 heteroatoms. The molecule has 0 radical (unpaired) electrons. The number of benzene rings is 1. The SMILES string of the molecule is CN=C(NCC(NC(=O)OC(C)(C)C)c1ccccc1)NC1CCS(=O)(=O)C1. The van der Waals surface area contributed by atoms with Crippen molar-refractivity contribution in [3.8, 4) is 0 Å². The van der Waals surface area contributed by atoms with E-state index in [1.165, 1.54) is 0 Å². The zero-order chi connectivity index (χ0) is 20.8. The van der Waals surface area contributed by atoms with Crippen LogP contribution < -0.4 is 16.0 Å². The van der Waals surface area contributed by atoms with Crippen molar-refractivity contribution in [2.75, 3.05) is 25.1 Å². The van der Waals surface area contributed by atoms with Crippen LogP contribution in [0.2, 0.25) is 0 Å². The van der Waals surface area contributed by atoms with Crippen LogP contribution in [-0.2, 0) is 14.6 Å². The second-order valence-electron chi connectivity index (χ2n) is 7.81. The molecule has 28 heavy (non-hydrogen) atoms. The Hall–Kier alpha value is -2.29. The average molecular weight is 411 g/mol. The Balaban J connectivity index is 2.00. The number of carbonyl (C=O) groups is 1. The molecule has 0 spiro atoms. The van der Waals surface area contributed by atoms with Gasteiger partial charge in [0.15, 0.2) is 15.8 Å². The molecule has 1 aliphatic heterocycles. The summed E-state index contributed by atoms with van der Waals surface area (Å²) in [6, 6.07) is 9.03. The van der Waals surface area contributed by atoms with E-state index in [9.17, 15) is 13.2 Å². The minimum Gasteiger partial charge on any atom is -0.444 e. The Labute approximate surface area is 167 Å². The lowest BCUT2D eigenvalue weighted by Crippen LogP contribution is -2.47. The molecule has 1 fully saturated rings. The standard InChI is InChI=1S/C19H30N4O4S/c1-19(2,3)27-18(24)23-16(14-8-6-5-7-9-14)12-21-17(20-4)22-15-10-11-28(25,26)13-15/h5-9,15-16H,10-13H2,1-4H3,(H,23,24)(H2,20,21,22). The molecule has 2 atom stereocenters. The third-order valence-electron chi connectivity index (χ3n) is 4.16. The first kappa shape index (κ1) is 22.0. The highest BCUT2D eigenvalue weighted by molar-refractivity contribution is 7.91. The Kier molecular flexibility index (Phi) is 7.29. The first-order chi connectivity index (χ1) is 13.1. The minimum atomic E-state index is -2.98. The fourth-order valence-corrected chi connectivity index (χ4v) is 4.56. The molecule has 3 N–H and O–H groups in total. The van der Waals surface area contributed by atoms with Crippen LogP contribution in [0.3, 0.4) is 0 Å². The molecule has 1 aromatic rings. The zero-order valence-electron chi connectivity index (χ0n) is 16.9. The van der Waals surface area contributed by atoms with Gasteiger partial charge < -0.3 is 20.7 Å². The summed E-state index contributed by atoms with van der Waals surface area (Å²) in [5.41, 5.74) is 0.323. The number of nitrogens with zero attached hydrogens (tertiary/aromatic N) is 1. The highest BCUT2D eigenvalue weighted by Crippen LogP contribution is 2.14. The maximum atomic E-state index is 12.2. The topological polar surface area (TPSA) is 109 Å². The number of amides is 1. The first-order valence-electron chi connectivity index (χ1n) is 9.30. The molecule has 1 saturated heterocycles. The maximum absolute atomic E-state index is 12.2. The van der Waals surface area contributed by atoms with Gasteiger partial charge >= 0.3 is 6.09 Å². The number of guanidine groups is 1. The number of sulfone groups is 1. The van der Waals surface area contributed by atoms with Gasteiger partial charge in [0.2, 0.25) is 0 Å². The van der Waals surface area contributed by atoms with Crippen molar-refractivity contribution in [3.63, 3.8) is 0 Å². The molecular weight excluding hydrogens is 380 g/mol. The Morgan fingerprint density at radius 2 is 1.96 bits per heavy atom. The summed E-state index contributed by atoms with van der Waals surface area (Å²) < 4.78 is 28.6. The van der Waals surface area contributed by atoms with E-state index in [0.29, 0.717) is 18.9 Å². The van der Waals surface area contributed by atoms with Crippen LogP contribution >= 0.6 is 0 Å². The summed E-state index contributed by atoms with van der Waals surface area (Å²) in [6.07, 6.45) is 0.0504. The largest absolute Gasteiger partial charge is 0.444 e. The van der Waals surface area contributed by atoms with Crippen LogP contribution in [0.4, 0.5) is 4.79 Å².